The number of ether oxygens (including phenoxy) is 2. The lowest BCUT2D eigenvalue weighted by Gasteiger charge is -2.29. The van der Waals surface area contributed by atoms with Crippen LogP contribution >= 0.6 is 0 Å². The Bertz CT molecular complexity index is 950. The van der Waals surface area contributed by atoms with Gasteiger partial charge < -0.3 is 18.9 Å². The highest BCUT2D eigenvalue weighted by Crippen LogP contribution is 2.33. The molecule has 0 spiro atoms. The summed E-state index contributed by atoms with van der Waals surface area (Å²) in [4.78, 5) is 18.9. The molecule has 6 nitrogen and oxygen atoms in total. The number of hydrogen-bond acceptors (Lipinski definition) is 4. The van der Waals surface area contributed by atoms with E-state index >= 15 is 0 Å². The lowest BCUT2D eigenvalue weighted by molar-refractivity contribution is 0.0734. The minimum Gasteiger partial charge on any atom is -0.493 e. The van der Waals surface area contributed by atoms with Gasteiger partial charge >= 0.3 is 0 Å². The average molecular weight is 363 g/mol. The van der Waals surface area contributed by atoms with E-state index in [4.69, 9.17) is 9.47 Å². The van der Waals surface area contributed by atoms with Crippen molar-refractivity contribution >= 4 is 5.91 Å². The molecular weight excluding hydrogens is 342 g/mol. The van der Waals surface area contributed by atoms with Crippen LogP contribution in [0.25, 0.3) is 5.69 Å². The Morgan fingerprint density at radius 1 is 1.04 bits per heavy atom. The molecule has 138 valence electrons. The number of hydrogen-bond donors (Lipinski definition) is 0. The number of methoxy groups -OCH3 is 2. The third-order valence-corrected chi connectivity index (χ3v) is 4.92. The van der Waals surface area contributed by atoms with Gasteiger partial charge in [0.15, 0.2) is 11.5 Å². The SMILES string of the molecule is COc1cc2c(cc1OC)CN(C(=O)c1ccc(-n3ccnc3)cc1)CC2. The molecule has 0 saturated heterocycles. The Hall–Kier alpha value is -3.28. The van der Waals surface area contributed by atoms with Crippen molar-refractivity contribution in [3.05, 3.63) is 71.8 Å². The van der Waals surface area contributed by atoms with E-state index in [0.29, 0.717) is 24.4 Å². The maximum absolute atomic E-state index is 12.9. The number of fused-ring (bicyclic) bond motifs is 1. The molecule has 2 aromatic carbocycles. The summed E-state index contributed by atoms with van der Waals surface area (Å²) < 4.78 is 12.7. The van der Waals surface area contributed by atoms with Gasteiger partial charge in [-0.25, -0.2) is 4.98 Å². The van der Waals surface area contributed by atoms with Gasteiger partial charge in [0.05, 0.1) is 20.5 Å². The van der Waals surface area contributed by atoms with Crippen LogP contribution in [-0.4, -0.2) is 41.1 Å². The smallest absolute Gasteiger partial charge is 0.254 e. The van der Waals surface area contributed by atoms with Gasteiger partial charge in [0.25, 0.3) is 5.91 Å². The van der Waals surface area contributed by atoms with E-state index in [2.05, 4.69) is 4.98 Å². The van der Waals surface area contributed by atoms with Gasteiger partial charge in [0.1, 0.15) is 0 Å². The maximum atomic E-state index is 12.9. The number of nitrogens with zero attached hydrogens (tertiary/aromatic N) is 3. The van der Waals surface area contributed by atoms with E-state index < -0.39 is 0 Å². The molecule has 1 aromatic heterocycles. The van der Waals surface area contributed by atoms with Crippen molar-refractivity contribution in [1.29, 1.82) is 0 Å². The van der Waals surface area contributed by atoms with Gasteiger partial charge in [-0.2, -0.15) is 0 Å². The third-order valence-electron chi connectivity index (χ3n) is 4.92. The summed E-state index contributed by atoms with van der Waals surface area (Å²) >= 11 is 0. The maximum Gasteiger partial charge on any atom is 0.254 e. The van der Waals surface area contributed by atoms with Gasteiger partial charge in [-0.3, -0.25) is 4.79 Å². The van der Waals surface area contributed by atoms with Crippen LogP contribution in [0.1, 0.15) is 21.5 Å². The molecule has 1 amide bonds. The van der Waals surface area contributed by atoms with Crippen molar-refractivity contribution in [1.82, 2.24) is 14.5 Å². The first-order valence-corrected chi connectivity index (χ1v) is 8.81. The summed E-state index contributed by atoms with van der Waals surface area (Å²) in [5, 5.41) is 0. The molecule has 0 bridgehead atoms. The molecule has 2 heterocycles. The lowest BCUT2D eigenvalue weighted by Crippen LogP contribution is -2.36. The van der Waals surface area contributed by atoms with Crippen molar-refractivity contribution in [2.75, 3.05) is 20.8 Å². The van der Waals surface area contributed by atoms with Crippen LogP contribution in [0.4, 0.5) is 0 Å². The average Bonchev–Trinajstić information content (AvgIpc) is 3.26. The molecule has 3 aromatic rings. The first-order valence-electron chi connectivity index (χ1n) is 8.81. The summed E-state index contributed by atoms with van der Waals surface area (Å²) in [6, 6.07) is 11.6. The van der Waals surface area contributed by atoms with Gasteiger partial charge in [-0.1, -0.05) is 0 Å². The van der Waals surface area contributed by atoms with Gasteiger partial charge in [0, 0.05) is 36.7 Å². The summed E-state index contributed by atoms with van der Waals surface area (Å²) in [7, 11) is 3.26. The van der Waals surface area contributed by atoms with Crippen LogP contribution in [0.15, 0.2) is 55.1 Å². The first-order chi connectivity index (χ1) is 13.2. The largest absolute Gasteiger partial charge is 0.493 e. The normalized spacial score (nSPS) is 13.2. The molecule has 0 radical (unpaired) electrons. The van der Waals surface area contributed by atoms with E-state index in [0.717, 1.165) is 23.4 Å². The second-order valence-corrected chi connectivity index (χ2v) is 6.47. The standard InChI is InChI=1S/C21H21N3O3/c1-26-19-11-16-7-9-23(13-17(16)12-20(19)27-2)21(25)15-3-5-18(6-4-15)24-10-8-22-14-24/h3-6,8,10-12,14H,7,9,13H2,1-2H3. The molecule has 4 rings (SSSR count). The summed E-state index contributed by atoms with van der Waals surface area (Å²) in [5.74, 6) is 1.45. The fourth-order valence-corrected chi connectivity index (χ4v) is 3.43. The number of aromatic nitrogens is 2. The van der Waals surface area contributed by atoms with Crippen molar-refractivity contribution in [3.8, 4) is 17.2 Å². The van der Waals surface area contributed by atoms with Gasteiger partial charge in [-0.15, -0.1) is 0 Å². The quantitative estimate of drug-likeness (QED) is 0.715. The van der Waals surface area contributed by atoms with E-state index in [1.807, 2.05) is 52.1 Å². The predicted molar refractivity (Wildman–Crippen MR) is 102 cm³/mol. The highest BCUT2D eigenvalue weighted by Gasteiger charge is 2.23. The highest BCUT2D eigenvalue weighted by molar-refractivity contribution is 5.94. The van der Waals surface area contributed by atoms with Crippen LogP contribution in [0.3, 0.4) is 0 Å². The molecule has 0 unspecified atom stereocenters. The Balaban J connectivity index is 1.54. The molecule has 0 atom stereocenters. The minimum atomic E-state index is 0.0348. The van der Waals surface area contributed by atoms with E-state index in [9.17, 15) is 4.79 Å². The van der Waals surface area contributed by atoms with Crippen LogP contribution in [-0.2, 0) is 13.0 Å². The molecule has 1 aliphatic heterocycles. The number of carbonyl (C=O) groups is 1. The molecule has 0 N–H and O–H groups in total. The molecule has 6 heteroatoms. The second kappa shape index (κ2) is 7.15. The van der Waals surface area contributed by atoms with Crippen LogP contribution in [0.5, 0.6) is 11.5 Å². The molecule has 0 aliphatic carbocycles. The zero-order valence-corrected chi connectivity index (χ0v) is 15.4. The van der Waals surface area contributed by atoms with E-state index in [-0.39, 0.29) is 5.91 Å². The Morgan fingerprint density at radius 3 is 2.37 bits per heavy atom. The third kappa shape index (κ3) is 3.26. The predicted octanol–water partition coefficient (Wildman–Crippen LogP) is 3.09. The number of amides is 1. The van der Waals surface area contributed by atoms with Crippen molar-refractivity contribution < 1.29 is 14.3 Å². The number of imidazole rings is 1. The Morgan fingerprint density at radius 2 is 1.74 bits per heavy atom. The van der Waals surface area contributed by atoms with Gasteiger partial charge in [-0.05, 0) is 53.9 Å². The molecular formula is C21H21N3O3. The Kier molecular flexibility index (Phi) is 4.54. The lowest BCUT2D eigenvalue weighted by atomic mass is 9.98. The monoisotopic (exact) mass is 363 g/mol. The number of carbonyl (C=O) groups excluding carboxylic acids is 1. The fourth-order valence-electron chi connectivity index (χ4n) is 3.43. The summed E-state index contributed by atoms with van der Waals surface area (Å²) in [5.41, 5.74) is 3.96. The minimum absolute atomic E-state index is 0.0348. The molecule has 0 saturated carbocycles. The number of rotatable bonds is 4. The highest BCUT2D eigenvalue weighted by atomic mass is 16.5. The first kappa shape index (κ1) is 17.1. The topological polar surface area (TPSA) is 56.6 Å². The fraction of sp³-hybridized carbons (Fsp3) is 0.238. The summed E-state index contributed by atoms with van der Waals surface area (Å²) in [6.45, 7) is 1.25. The van der Waals surface area contributed by atoms with E-state index in [1.165, 1.54) is 5.56 Å². The zero-order valence-electron chi connectivity index (χ0n) is 15.4. The van der Waals surface area contributed by atoms with Crippen molar-refractivity contribution in [2.24, 2.45) is 0 Å². The van der Waals surface area contributed by atoms with Crippen LogP contribution < -0.4 is 9.47 Å². The molecule has 0 fully saturated rings. The Labute approximate surface area is 158 Å². The van der Waals surface area contributed by atoms with Gasteiger partial charge in [0.2, 0.25) is 0 Å². The summed E-state index contributed by atoms with van der Waals surface area (Å²) in [6.07, 6.45) is 6.14. The van der Waals surface area contributed by atoms with Crippen LogP contribution in [0, 0.1) is 0 Å². The number of benzene rings is 2. The van der Waals surface area contributed by atoms with Crippen LogP contribution in [0.2, 0.25) is 0 Å². The van der Waals surface area contributed by atoms with Crippen molar-refractivity contribution in [2.45, 2.75) is 13.0 Å². The second-order valence-electron chi connectivity index (χ2n) is 6.47. The molecule has 1 aliphatic rings. The molecule has 27 heavy (non-hydrogen) atoms. The zero-order chi connectivity index (χ0) is 18.8. The van der Waals surface area contributed by atoms with Crippen molar-refractivity contribution in [3.63, 3.8) is 0 Å². The van der Waals surface area contributed by atoms with E-state index in [1.54, 1.807) is 26.7 Å².